The topological polar surface area (TPSA) is 60.4 Å². The Morgan fingerprint density at radius 1 is 0.905 bits per heavy atom. The molecule has 2 aliphatic carbocycles. The summed E-state index contributed by atoms with van der Waals surface area (Å²) in [5.41, 5.74) is 0. The second-order valence-electron chi connectivity index (χ2n) is 6.02. The molecule has 2 fully saturated rings. The summed E-state index contributed by atoms with van der Waals surface area (Å²) < 4.78 is 4.71. The van der Waals surface area contributed by atoms with Gasteiger partial charge in [0.15, 0.2) is 0 Å². The third kappa shape index (κ3) is 6.87. The maximum absolute atomic E-state index is 11.4. The van der Waals surface area contributed by atoms with E-state index in [2.05, 4.69) is 0 Å². The molecule has 0 radical (unpaired) electrons. The highest BCUT2D eigenvalue weighted by molar-refractivity contribution is 5.96. The van der Waals surface area contributed by atoms with Crippen LogP contribution >= 0.6 is 0 Å². The Morgan fingerprint density at radius 3 is 1.76 bits per heavy atom. The largest absolute Gasteiger partial charge is 0.466 e. The number of hydrogen-bond acceptors (Lipinski definition) is 4. The predicted octanol–water partition coefficient (Wildman–Crippen LogP) is 3.46. The first-order valence-corrected chi connectivity index (χ1v) is 8.23. The lowest BCUT2D eigenvalue weighted by atomic mass is 10.0. The van der Waals surface area contributed by atoms with Gasteiger partial charge in [0.05, 0.1) is 6.61 Å². The molecule has 0 atom stereocenters. The van der Waals surface area contributed by atoms with Crippen LogP contribution in [0.3, 0.4) is 0 Å². The molecule has 2 saturated carbocycles. The second kappa shape index (κ2) is 9.69. The van der Waals surface area contributed by atoms with Crippen LogP contribution in [-0.2, 0) is 19.1 Å². The lowest BCUT2D eigenvalue weighted by Crippen LogP contribution is -2.17. The highest BCUT2D eigenvalue weighted by Crippen LogP contribution is 2.26. The van der Waals surface area contributed by atoms with E-state index in [9.17, 15) is 14.4 Å². The molecule has 0 spiro atoms. The van der Waals surface area contributed by atoms with E-state index in [-0.39, 0.29) is 24.1 Å². The molecule has 0 amide bonds. The molecule has 0 saturated heterocycles. The zero-order valence-corrected chi connectivity index (χ0v) is 13.4. The standard InChI is InChI=1S/C10H16O3.C7H12O/c1-2-13-10(12)7-9(11)8-5-3-4-6-8;1-6(8)7-4-2-3-5-7/h8H,2-7H2,1H3;7H,2-5H2,1H3. The summed E-state index contributed by atoms with van der Waals surface area (Å²) in [6.45, 7) is 3.81. The first-order chi connectivity index (χ1) is 10.0. The Morgan fingerprint density at radius 2 is 1.38 bits per heavy atom. The lowest BCUT2D eigenvalue weighted by Gasteiger charge is -2.06. The van der Waals surface area contributed by atoms with Gasteiger partial charge in [-0.3, -0.25) is 14.4 Å². The van der Waals surface area contributed by atoms with Crippen molar-refractivity contribution in [3.63, 3.8) is 0 Å². The molecule has 0 aromatic carbocycles. The van der Waals surface area contributed by atoms with Crippen LogP contribution in [-0.4, -0.2) is 24.1 Å². The summed E-state index contributed by atoms with van der Waals surface area (Å²) in [6, 6.07) is 0. The third-order valence-electron chi connectivity index (χ3n) is 4.36. The molecule has 0 aromatic rings. The zero-order chi connectivity index (χ0) is 15.7. The summed E-state index contributed by atoms with van der Waals surface area (Å²) in [4.78, 5) is 33.0. The molecular weight excluding hydrogens is 268 g/mol. The normalized spacial score (nSPS) is 19.0. The number of ether oxygens (including phenoxy) is 1. The quantitative estimate of drug-likeness (QED) is 0.576. The molecule has 0 heterocycles. The zero-order valence-electron chi connectivity index (χ0n) is 13.4. The fraction of sp³-hybridized carbons (Fsp3) is 0.824. The Hall–Kier alpha value is -1.19. The van der Waals surface area contributed by atoms with Gasteiger partial charge in [0.25, 0.3) is 0 Å². The van der Waals surface area contributed by atoms with Gasteiger partial charge in [-0.05, 0) is 39.5 Å². The minimum atomic E-state index is -0.376. The number of esters is 1. The van der Waals surface area contributed by atoms with Crippen molar-refractivity contribution in [1.29, 1.82) is 0 Å². The van der Waals surface area contributed by atoms with Crippen LogP contribution in [0.15, 0.2) is 0 Å². The minimum absolute atomic E-state index is 0.0293. The third-order valence-corrected chi connectivity index (χ3v) is 4.36. The van der Waals surface area contributed by atoms with E-state index in [0.29, 0.717) is 18.3 Å². The molecule has 2 aliphatic rings. The molecule has 21 heavy (non-hydrogen) atoms. The number of ketones is 2. The van der Waals surface area contributed by atoms with Gasteiger partial charge in [0, 0.05) is 11.8 Å². The Bertz CT molecular complexity index is 350. The highest BCUT2D eigenvalue weighted by atomic mass is 16.5. The molecule has 0 N–H and O–H groups in total. The molecule has 120 valence electrons. The Labute approximate surface area is 127 Å². The summed E-state index contributed by atoms with van der Waals surface area (Å²) >= 11 is 0. The first kappa shape index (κ1) is 17.9. The van der Waals surface area contributed by atoms with Gasteiger partial charge in [0.2, 0.25) is 0 Å². The van der Waals surface area contributed by atoms with Crippen molar-refractivity contribution < 1.29 is 19.1 Å². The SMILES string of the molecule is CC(=O)C1CCCC1.CCOC(=O)CC(=O)C1CCCC1. The monoisotopic (exact) mass is 296 g/mol. The smallest absolute Gasteiger partial charge is 0.313 e. The van der Waals surface area contributed by atoms with Gasteiger partial charge in [-0.15, -0.1) is 0 Å². The van der Waals surface area contributed by atoms with Crippen LogP contribution in [0.5, 0.6) is 0 Å². The fourth-order valence-electron chi connectivity index (χ4n) is 3.08. The van der Waals surface area contributed by atoms with E-state index < -0.39 is 0 Å². The average molecular weight is 296 g/mol. The number of Topliss-reactive ketones (excluding diaryl/α,β-unsaturated/α-hetero) is 2. The van der Waals surface area contributed by atoms with Crippen LogP contribution in [0.25, 0.3) is 0 Å². The summed E-state index contributed by atoms with van der Waals surface area (Å²) in [7, 11) is 0. The summed E-state index contributed by atoms with van der Waals surface area (Å²) in [5, 5.41) is 0. The van der Waals surface area contributed by atoms with E-state index >= 15 is 0 Å². The van der Waals surface area contributed by atoms with Crippen molar-refractivity contribution >= 4 is 17.5 Å². The van der Waals surface area contributed by atoms with Crippen LogP contribution < -0.4 is 0 Å². The maximum atomic E-state index is 11.4. The van der Waals surface area contributed by atoms with Crippen LogP contribution in [0.2, 0.25) is 0 Å². The Balaban J connectivity index is 0.000000235. The van der Waals surface area contributed by atoms with Crippen molar-refractivity contribution in [2.45, 2.75) is 71.6 Å². The molecule has 0 aliphatic heterocycles. The number of carbonyl (C=O) groups is 3. The van der Waals surface area contributed by atoms with Gasteiger partial charge >= 0.3 is 5.97 Å². The van der Waals surface area contributed by atoms with Gasteiger partial charge in [0.1, 0.15) is 18.0 Å². The number of hydrogen-bond donors (Lipinski definition) is 0. The van der Waals surface area contributed by atoms with Crippen LogP contribution in [0, 0.1) is 11.8 Å². The van der Waals surface area contributed by atoms with Gasteiger partial charge in [-0.2, -0.15) is 0 Å². The highest BCUT2D eigenvalue weighted by Gasteiger charge is 2.24. The van der Waals surface area contributed by atoms with Gasteiger partial charge < -0.3 is 4.74 Å². The van der Waals surface area contributed by atoms with E-state index in [1.165, 1.54) is 12.8 Å². The van der Waals surface area contributed by atoms with E-state index in [1.54, 1.807) is 13.8 Å². The van der Waals surface area contributed by atoms with Crippen LogP contribution in [0.1, 0.15) is 71.6 Å². The first-order valence-electron chi connectivity index (χ1n) is 8.23. The van der Waals surface area contributed by atoms with Crippen molar-refractivity contribution in [1.82, 2.24) is 0 Å². The predicted molar refractivity (Wildman–Crippen MR) is 80.9 cm³/mol. The fourth-order valence-corrected chi connectivity index (χ4v) is 3.08. The van der Waals surface area contributed by atoms with Crippen molar-refractivity contribution in [3.05, 3.63) is 0 Å². The van der Waals surface area contributed by atoms with E-state index in [0.717, 1.165) is 38.5 Å². The van der Waals surface area contributed by atoms with E-state index in [1.807, 2.05) is 0 Å². The average Bonchev–Trinajstić information content (AvgIpc) is 3.13. The summed E-state index contributed by atoms with van der Waals surface area (Å²) in [5.74, 6) is 0.636. The lowest BCUT2D eigenvalue weighted by molar-refractivity contribution is -0.146. The number of carbonyl (C=O) groups excluding carboxylic acids is 3. The molecule has 0 unspecified atom stereocenters. The number of rotatable bonds is 5. The summed E-state index contributed by atoms with van der Waals surface area (Å²) in [6.07, 6.45) is 8.96. The Kier molecular flexibility index (Phi) is 8.24. The maximum Gasteiger partial charge on any atom is 0.313 e. The van der Waals surface area contributed by atoms with Crippen LogP contribution in [0.4, 0.5) is 0 Å². The molecule has 4 nitrogen and oxygen atoms in total. The van der Waals surface area contributed by atoms with E-state index in [4.69, 9.17) is 4.74 Å². The van der Waals surface area contributed by atoms with Gasteiger partial charge in [-0.1, -0.05) is 25.7 Å². The molecule has 4 heteroatoms. The molecule has 0 aromatic heterocycles. The van der Waals surface area contributed by atoms with Crippen molar-refractivity contribution in [2.24, 2.45) is 11.8 Å². The molecule has 0 bridgehead atoms. The molecule has 2 rings (SSSR count). The van der Waals surface area contributed by atoms with Crippen molar-refractivity contribution in [3.8, 4) is 0 Å². The minimum Gasteiger partial charge on any atom is -0.466 e. The van der Waals surface area contributed by atoms with Crippen molar-refractivity contribution in [2.75, 3.05) is 6.61 Å². The molecular formula is C17H28O4. The second-order valence-corrected chi connectivity index (χ2v) is 6.02. The van der Waals surface area contributed by atoms with Gasteiger partial charge in [-0.25, -0.2) is 0 Å².